The van der Waals surface area contributed by atoms with Crippen molar-refractivity contribution in [1.29, 1.82) is 0 Å². The molecule has 4 heteroatoms. The second-order valence-corrected chi connectivity index (χ2v) is 14.3. The number of hydrogen-bond donors (Lipinski definition) is 3. The molecule has 0 aromatic carbocycles. The fourth-order valence-corrected chi connectivity index (χ4v) is 11.6. The van der Waals surface area contributed by atoms with Gasteiger partial charge in [0.05, 0.1) is 12.3 Å². The molecule has 5 fully saturated rings. The monoisotopic (exact) mass is 471 g/mol. The molecule has 0 aromatic rings. The summed E-state index contributed by atoms with van der Waals surface area (Å²) >= 11 is 0. The van der Waals surface area contributed by atoms with Gasteiger partial charge in [-0.05, 0) is 122 Å². The molecule has 5 saturated carbocycles. The summed E-state index contributed by atoms with van der Waals surface area (Å²) in [4.78, 5) is 0. The first kappa shape index (κ1) is 24.8. The predicted octanol–water partition coefficient (Wildman–Crippen LogP) is 6.44. The molecule has 0 spiro atoms. The Labute approximate surface area is 207 Å². The highest BCUT2D eigenvalue weighted by Gasteiger charge is 2.71. The van der Waals surface area contributed by atoms with Gasteiger partial charge in [-0.15, -0.1) is 0 Å². The van der Waals surface area contributed by atoms with Crippen molar-refractivity contribution in [2.75, 3.05) is 13.2 Å². The number of fused-ring (bicyclic) bond motifs is 7. The first-order valence-corrected chi connectivity index (χ1v) is 14.1. The molecular weight excluding hydrogens is 422 g/mol. The van der Waals surface area contributed by atoms with Gasteiger partial charge < -0.3 is 15.4 Å². The van der Waals surface area contributed by atoms with Gasteiger partial charge in [-0.1, -0.05) is 45.0 Å². The molecule has 1 unspecified atom stereocenters. The molecule has 5 aliphatic rings. The van der Waals surface area contributed by atoms with Crippen molar-refractivity contribution in [2.45, 2.75) is 98.8 Å². The maximum Gasteiger partial charge on any atom is 0.0655 e. The number of aliphatic hydroxyl groups is 2. The minimum atomic E-state index is -0.421. The third-order valence-electron chi connectivity index (χ3n) is 13.6. The molecule has 34 heavy (non-hydrogen) atoms. The molecule has 0 heterocycles. The van der Waals surface area contributed by atoms with Crippen LogP contribution in [0.1, 0.15) is 98.8 Å². The molecule has 0 radical (unpaired) electrons. The maximum absolute atomic E-state index is 10.7. The fourth-order valence-electron chi connectivity index (χ4n) is 11.6. The summed E-state index contributed by atoms with van der Waals surface area (Å²) in [6, 6.07) is 0. The Balaban J connectivity index is 1.55. The van der Waals surface area contributed by atoms with Gasteiger partial charge in [-0.25, -0.2) is 0 Å². The van der Waals surface area contributed by atoms with Crippen LogP contribution >= 0.6 is 0 Å². The van der Waals surface area contributed by atoms with Crippen LogP contribution in [0.15, 0.2) is 17.3 Å². The van der Waals surface area contributed by atoms with Crippen molar-refractivity contribution >= 4 is 5.71 Å². The molecule has 192 valence electrons. The minimum absolute atomic E-state index is 0.0668. The van der Waals surface area contributed by atoms with Gasteiger partial charge in [-0.3, -0.25) is 0 Å². The summed E-state index contributed by atoms with van der Waals surface area (Å²) in [7, 11) is 0. The summed E-state index contributed by atoms with van der Waals surface area (Å²) < 4.78 is 0. The Morgan fingerprint density at radius 2 is 1.62 bits per heavy atom. The summed E-state index contributed by atoms with van der Waals surface area (Å²) in [5.74, 6) is 2.76. The Morgan fingerprint density at radius 3 is 2.24 bits per heavy atom. The van der Waals surface area contributed by atoms with Gasteiger partial charge in [-0.2, -0.15) is 0 Å². The van der Waals surface area contributed by atoms with Gasteiger partial charge in [0.1, 0.15) is 0 Å². The van der Waals surface area contributed by atoms with Crippen LogP contribution in [0.25, 0.3) is 0 Å². The van der Waals surface area contributed by atoms with Crippen LogP contribution in [0.2, 0.25) is 0 Å². The number of aliphatic hydroxyl groups excluding tert-OH is 2. The molecule has 4 nitrogen and oxygen atoms in total. The van der Waals surface area contributed by atoms with Crippen molar-refractivity contribution in [3.8, 4) is 0 Å². The van der Waals surface area contributed by atoms with Crippen molar-refractivity contribution in [3.05, 3.63) is 12.2 Å². The summed E-state index contributed by atoms with van der Waals surface area (Å²) in [6.45, 7) is 17.0. The van der Waals surface area contributed by atoms with E-state index in [9.17, 15) is 15.4 Å². The summed E-state index contributed by atoms with van der Waals surface area (Å²) in [5, 5.41) is 34.6. The van der Waals surface area contributed by atoms with E-state index in [1.807, 2.05) is 0 Å². The molecular formula is C30H49NO3. The molecule has 5 aliphatic carbocycles. The lowest BCUT2D eigenvalue weighted by molar-refractivity contribution is -0.233. The summed E-state index contributed by atoms with van der Waals surface area (Å²) in [5.41, 5.74) is 2.50. The molecule has 3 N–H and O–H groups in total. The molecule has 0 bridgehead atoms. The van der Waals surface area contributed by atoms with Gasteiger partial charge in [0.2, 0.25) is 0 Å². The van der Waals surface area contributed by atoms with Gasteiger partial charge in [0.15, 0.2) is 0 Å². The highest BCUT2D eigenvalue weighted by Crippen LogP contribution is 2.77. The largest absolute Gasteiger partial charge is 0.411 e. The number of oxime groups is 1. The zero-order valence-corrected chi connectivity index (χ0v) is 22.4. The van der Waals surface area contributed by atoms with Crippen LogP contribution in [-0.2, 0) is 0 Å². The van der Waals surface area contributed by atoms with E-state index in [4.69, 9.17) is 0 Å². The van der Waals surface area contributed by atoms with E-state index in [-0.39, 0.29) is 28.3 Å². The van der Waals surface area contributed by atoms with E-state index >= 15 is 0 Å². The smallest absolute Gasteiger partial charge is 0.0655 e. The quantitative estimate of drug-likeness (QED) is 0.252. The van der Waals surface area contributed by atoms with E-state index in [2.05, 4.69) is 46.4 Å². The lowest BCUT2D eigenvalue weighted by atomic mass is 9.32. The minimum Gasteiger partial charge on any atom is -0.411 e. The molecule has 10 atom stereocenters. The third kappa shape index (κ3) is 2.82. The van der Waals surface area contributed by atoms with Crippen LogP contribution < -0.4 is 0 Å². The third-order valence-corrected chi connectivity index (χ3v) is 13.6. The average molecular weight is 472 g/mol. The first-order valence-electron chi connectivity index (χ1n) is 14.1. The zero-order valence-electron chi connectivity index (χ0n) is 22.4. The Bertz CT molecular complexity index is 884. The van der Waals surface area contributed by atoms with E-state index < -0.39 is 5.41 Å². The van der Waals surface area contributed by atoms with Crippen LogP contribution in [0.5, 0.6) is 0 Å². The van der Waals surface area contributed by atoms with Gasteiger partial charge in [0.25, 0.3) is 0 Å². The summed E-state index contributed by atoms with van der Waals surface area (Å²) in [6.07, 6.45) is 11.4. The van der Waals surface area contributed by atoms with Crippen LogP contribution in [0, 0.1) is 56.7 Å². The number of rotatable bonds is 3. The number of hydrogen-bond acceptors (Lipinski definition) is 4. The lowest BCUT2D eigenvalue weighted by Crippen LogP contribution is -2.67. The normalized spacial score (nSPS) is 55.7. The number of allylic oxidation sites excluding steroid dienone is 1. The molecule has 0 amide bonds. The Kier molecular flexibility index (Phi) is 5.70. The topological polar surface area (TPSA) is 73.1 Å². The van der Waals surface area contributed by atoms with Crippen molar-refractivity contribution in [2.24, 2.45) is 61.8 Å². The van der Waals surface area contributed by atoms with E-state index in [1.54, 1.807) is 0 Å². The highest BCUT2D eigenvalue weighted by molar-refractivity contribution is 5.91. The second kappa shape index (κ2) is 7.81. The molecule has 0 aromatic heterocycles. The van der Waals surface area contributed by atoms with Crippen LogP contribution in [0.4, 0.5) is 0 Å². The van der Waals surface area contributed by atoms with E-state index in [0.29, 0.717) is 36.2 Å². The van der Waals surface area contributed by atoms with Crippen molar-refractivity contribution in [1.82, 2.24) is 0 Å². The SMILES string of the molecule is C=C(C)[C@@H]1CC[C@]2(CO)CC[C@]3(C)[C@H](CC[C@@H]4[C@@]5(C)CC/C(=N/O)C(C)(CO)[C@@H]5CC[C@]43C)[C@@H]12. The zero-order chi connectivity index (χ0) is 24.7. The Hall–Kier alpha value is -0.870. The highest BCUT2D eigenvalue weighted by atomic mass is 16.4. The Morgan fingerprint density at radius 1 is 0.882 bits per heavy atom. The van der Waals surface area contributed by atoms with E-state index in [1.165, 1.54) is 37.7 Å². The molecule has 0 saturated heterocycles. The molecule has 0 aliphatic heterocycles. The van der Waals surface area contributed by atoms with E-state index in [0.717, 1.165) is 37.8 Å². The van der Waals surface area contributed by atoms with Gasteiger partial charge in [0, 0.05) is 12.0 Å². The number of nitrogens with zero attached hydrogens (tertiary/aromatic N) is 1. The average Bonchev–Trinajstić information content (AvgIpc) is 3.20. The van der Waals surface area contributed by atoms with Crippen molar-refractivity contribution in [3.63, 3.8) is 0 Å². The fraction of sp³-hybridized carbons (Fsp3) is 0.900. The lowest BCUT2D eigenvalue weighted by Gasteiger charge is -2.72. The second-order valence-electron chi connectivity index (χ2n) is 14.3. The van der Waals surface area contributed by atoms with Gasteiger partial charge >= 0.3 is 0 Å². The maximum atomic E-state index is 10.7. The standard InChI is InChI=1S/C30H49NO3/c1-19(2)20-9-14-30(18-33)16-15-28(5)21(25(20)30)7-8-23-26(3)12-11-24(31-34)27(4,17-32)22(26)10-13-29(23,28)6/h20-23,25,32-34H,1,7-18H2,2-6H3/b31-24-/t20-,21+,22+,23+,25+,26-,27?,28+,29+,30+/m0/s1. The van der Waals surface area contributed by atoms with Crippen LogP contribution in [0.3, 0.4) is 0 Å². The molecule has 5 rings (SSSR count). The first-order chi connectivity index (χ1) is 16.0. The predicted molar refractivity (Wildman–Crippen MR) is 137 cm³/mol. The van der Waals surface area contributed by atoms with Crippen molar-refractivity contribution < 1.29 is 15.4 Å². The van der Waals surface area contributed by atoms with Crippen LogP contribution in [-0.4, -0.2) is 34.3 Å².